The Morgan fingerprint density at radius 2 is 1.86 bits per heavy atom. The van der Waals surface area contributed by atoms with Crippen LogP contribution in [0.1, 0.15) is 37.0 Å². The van der Waals surface area contributed by atoms with Crippen LogP contribution in [-0.4, -0.2) is 30.2 Å². The van der Waals surface area contributed by atoms with Crippen LogP contribution in [0.4, 0.5) is 4.79 Å². The third-order valence-electron chi connectivity index (χ3n) is 3.43. The zero-order valence-corrected chi connectivity index (χ0v) is 13.1. The van der Waals surface area contributed by atoms with Gasteiger partial charge in [-0.3, -0.25) is 4.79 Å². The lowest BCUT2D eigenvalue weighted by molar-refractivity contribution is -0.136. The van der Waals surface area contributed by atoms with Gasteiger partial charge in [-0.25, -0.2) is 4.79 Å². The first kappa shape index (κ1) is 17.0. The molecule has 1 rings (SSSR count). The van der Waals surface area contributed by atoms with E-state index in [4.69, 9.17) is 5.11 Å². The fraction of sp³-hybridized carbons (Fsp3) is 0.500. The highest BCUT2D eigenvalue weighted by molar-refractivity contribution is 5.75. The van der Waals surface area contributed by atoms with Gasteiger partial charge in [0.2, 0.25) is 0 Å². The quantitative estimate of drug-likeness (QED) is 0.753. The molecule has 2 amide bonds. The van der Waals surface area contributed by atoms with Gasteiger partial charge in [-0.05, 0) is 25.0 Å². The third kappa shape index (κ3) is 5.45. The van der Waals surface area contributed by atoms with Crippen molar-refractivity contribution in [1.82, 2.24) is 10.6 Å². The van der Waals surface area contributed by atoms with Gasteiger partial charge < -0.3 is 15.7 Å². The first-order valence-corrected chi connectivity index (χ1v) is 7.03. The van der Waals surface area contributed by atoms with Crippen LogP contribution in [0.3, 0.4) is 0 Å². The van der Waals surface area contributed by atoms with E-state index < -0.39 is 5.97 Å². The largest absolute Gasteiger partial charge is 0.481 e. The number of hydrogen-bond donors (Lipinski definition) is 3. The fourth-order valence-corrected chi connectivity index (χ4v) is 2.31. The molecule has 0 aliphatic carbocycles. The van der Waals surface area contributed by atoms with Crippen LogP contribution in [0.15, 0.2) is 18.2 Å². The number of amides is 2. The molecular weight excluding hydrogens is 268 g/mol. The highest BCUT2D eigenvalue weighted by atomic mass is 16.4. The summed E-state index contributed by atoms with van der Waals surface area (Å²) in [5.41, 5.74) is 3.42. The van der Waals surface area contributed by atoms with Crippen molar-refractivity contribution in [2.45, 2.75) is 39.5 Å². The predicted octanol–water partition coefficient (Wildman–Crippen LogP) is 2.35. The second-order valence-corrected chi connectivity index (χ2v) is 5.96. The number of carboxylic acids is 1. The third-order valence-corrected chi connectivity index (χ3v) is 3.43. The van der Waals surface area contributed by atoms with E-state index in [2.05, 4.69) is 56.5 Å². The molecule has 0 spiro atoms. The van der Waals surface area contributed by atoms with Gasteiger partial charge >= 0.3 is 12.0 Å². The lowest BCUT2D eigenvalue weighted by atomic mass is 9.81. The van der Waals surface area contributed by atoms with E-state index in [1.165, 1.54) is 16.7 Å². The Kier molecular flexibility index (Phi) is 5.76. The van der Waals surface area contributed by atoms with E-state index in [0.717, 1.165) is 0 Å². The summed E-state index contributed by atoms with van der Waals surface area (Å²) in [6.45, 7) is 8.88. The van der Waals surface area contributed by atoms with E-state index in [1.54, 1.807) is 0 Å². The highest BCUT2D eigenvalue weighted by Crippen LogP contribution is 2.26. The number of urea groups is 1. The standard InChI is InChI=1S/C16H24N2O3/c1-11-5-6-13(12(2)9-11)16(3,4)10-18-15(21)17-8-7-14(19)20/h5-6,9H,7-8,10H2,1-4H3,(H,19,20)(H2,17,18,21). The van der Waals surface area contributed by atoms with Crippen molar-refractivity contribution in [1.29, 1.82) is 0 Å². The van der Waals surface area contributed by atoms with Crippen molar-refractivity contribution >= 4 is 12.0 Å². The molecule has 21 heavy (non-hydrogen) atoms. The Hall–Kier alpha value is -2.04. The number of carbonyl (C=O) groups is 2. The van der Waals surface area contributed by atoms with Crippen LogP contribution in [-0.2, 0) is 10.2 Å². The predicted molar refractivity (Wildman–Crippen MR) is 82.6 cm³/mol. The van der Waals surface area contributed by atoms with Gasteiger partial charge in [-0.2, -0.15) is 0 Å². The summed E-state index contributed by atoms with van der Waals surface area (Å²) in [5, 5.41) is 13.8. The maximum Gasteiger partial charge on any atom is 0.314 e. The molecule has 1 aromatic carbocycles. The molecule has 1 aromatic rings. The molecule has 0 heterocycles. The first-order valence-electron chi connectivity index (χ1n) is 7.03. The molecule has 0 aliphatic heterocycles. The molecule has 0 aromatic heterocycles. The second kappa shape index (κ2) is 7.11. The van der Waals surface area contributed by atoms with Crippen molar-refractivity contribution < 1.29 is 14.7 Å². The van der Waals surface area contributed by atoms with Crippen molar-refractivity contribution in [3.63, 3.8) is 0 Å². The van der Waals surface area contributed by atoms with E-state index in [9.17, 15) is 9.59 Å². The minimum Gasteiger partial charge on any atom is -0.481 e. The van der Waals surface area contributed by atoms with E-state index >= 15 is 0 Å². The summed E-state index contributed by atoms with van der Waals surface area (Å²) in [5.74, 6) is -0.925. The molecule has 0 bridgehead atoms. The molecule has 0 saturated heterocycles. The molecule has 5 nitrogen and oxygen atoms in total. The number of carboxylic acid groups (broad SMARTS) is 1. The summed E-state index contributed by atoms with van der Waals surface area (Å²) in [6, 6.07) is 5.95. The molecule has 0 atom stereocenters. The Morgan fingerprint density at radius 3 is 2.43 bits per heavy atom. The summed E-state index contributed by atoms with van der Waals surface area (Å²) in [7, 11) is 0. The van der Waals surface area contributed by atoms with Crippen LogP contribution in [0, 0.1) is 13.8 Å². The lowest BCUT2D eigenvalue weighted by Crippen LogP contribution is -2.43. The summed E-state index contributed by atoms with van der Waals surface area (Å²) in [6.07, 6.45) is -0.0755. The van der Waals surface area contributed by atoms with Gasteiger partial charge in [0, 0.05) is 18.5 Å². The van der Waals surface area contributed by atoms with E-state index in [1.807, 2.05) is 0 Å². The van der Waals surface area contributed by atoms with E-state index in [0.29, 0.717) is 6.54 Å². The van der Waals surface area contributed by atoms with Crippen LogP contribution < -0.4 is 10.6 Å². The number of nitrogens with one attached hydrogen (secondary N) is 2. The van der Waals surface area contributed by atoms with Gasteiger partial charge in [0.25, 0.3) is 0 Å². The molecule has 116 valence electrons. The zero-order valence-electron chi connectivity index (χ0n) is 13.1. The molecule has 0 fully saturated rings. The molecule has 0 unspecified atom stereocenters. The van der Waals surface area contributed by atoms with Crippen molar-refractivity contribution in [3.05, 3.63) is 34.9 Å². The van der Waals surface area contributed by atoms with Gasteiger partial charge in [0.05, 0.1) is 6.42 Å². The van der Waals surface area contributed by atoms with Crippen molar-refractivity contribution in [2.24, 2.45) is 0 Å². The average molecular weight is 292 g/mol. The highest BCUT2D eigenvalue weighted by Gasteiger charge is 2.23. The Morgan fingerprint density at radius 1 is 1.19 bits per heavy atom. The molecule has 0 radical (unpaired) electrons. The Balaban J connectivity index is 2.56. The summed E-state index contributed by atoms with van der Waals surface area (Å²) in [4.78, 5) is 22.0. The fourth-order valence-electron chi connectivity index (χ4n) is 2.31. The molecule has 5 heteroatoms. The maximum absolute atomic E-state index is 11.6. The van der Waals surface area contributed by atoms with Crippen LogP contribution in [0.25, 0.3) is 0 Å². The van der Waals surface area contributed by atoms with Gasteiger partial charge in [0.1, 0.15) is 0 Å². The number of carbonyl (C=O) groups excluding carboxylic acids is 1. The monoisotopic (exact) mass is 292 g/mol. The zero-order chi connectivity index (χ0) is 16.0. The van der Waals surface area contributed by atoms with Gasteiger partial charge in [0.15, 0.2) is 0 Å². The summed E-state index contributed by atoms with van der Waals surface area (Å²) < 4.78 is 0. The first-order chi connectivity index (χ1) is 9.72. The molecule has 0 saturated carbocycles. The number of benzene rings is 1. The van der Waals surface area contributed by atoms with Crippen LogP contribution >= 0.6 is 0 Å². The van der Waals surface area contributed by atoms with Crippen molar-refractivity contribution in [3.8, 4) is 0 Å². The normalized spacial score (nSPS) is 11.0. The Labute approximate surface area is 125 Å². The average Bonchev–Trinajstić information content (AvgIpc) is 2.35. The van der Waals surface area contributed by atoms with Gasteiger partial charge in [-0.1, -0.05) is 37.6 Å². The number of rotatable bonds is 6. The number of hydrogen-bond acceptors (Lipinski definition) is 2. The minimum atomic E-state index is -0.925. The van der Waals surface area contributed by atoms with Crippen LogP contribution in [0.2, 0.25) is 0 Å². The van der Waals surface area contributed by atoms with Crippen molar-refractivity contribution in [2.75, 3.05) is 13.1 Å². The number of aliphatic carboxylic acids is 1. The second-order valence-electron chi connectivity index (χ2n) is 5.96. The molecule has 0 aliphatic rings. The summed E-state index contributed by atoms with van der Waals surface area (Å²) >= 11 is 0. The SMILES string of the molecule is Cc1ccc(C(C)(C)CNC(=O)NCCC(=O)O)c(C)c1. The minimum absolute atomic E-state index is 0.0755. The Bertz CT molecular complexity index is 524. The molecular formula is C16H24N2O3. The topological polar surface area (TPSA) is 78.4 Å². The maximum atomic E-state index is 11.6. The lowest BCUT2D eigenvalue weighted by Gasteiger charge is -2.27. The van der Waals surface area contributed by atoms with Gasteiger partial charge in [-0.15, -0.1) is 0 Å². The van der Waals surface area contributed by atoms with Crippen LogP contribution in [0.5, 0.6) is 0 Å². The number of aryl methyl sites for hydroxylation is 2. The molecule has 3 N–H and O–H groups in total. The van der Waals surface area contributed by atoms with E-state index in [-0.39, 0.29) is 24.4 Å². The smallest absolute Gasteiger partial charge is 0.314 e.